The van der Waals surface area contributed by atoms with Gasteiger partial charge in [0.2, 0.25) is 0 Å². The second-order valence-electron chi connectivity index (χ2n) is 4.69. The predicted molar refractivity (Wildman–Crippen MR) is 65.1 cm³/mol. The van der Waals surface area contributed by atoms with Gasteiger partial charge >= 0.3 is 0 Å². The van der Waals surface area contributed by atoms with E-state index >= 15 is 0 Å². The molecule has 82 valence electrons. The average Bonchev–Trinajstić information content (AvgIpc) is 3.04. The van der Waals surface area contributed by atoms with Crippen LogP contribution in [0.25, 0.3) is 0 Å². The zero-order valence-corrected chi connectivity index (χ0v) is 9.79. The van der Waals surface area contributed by atoms with Crippen molar-refractivity contribution in [1.82, 2.24) is 5.32 Å². The summed E-state index contributed by atoms with van der Waals surface area (Å²) in [5.41, 5.74) is 2.82. The highest BCUT2D eigenvalue weighted by molar-refractivity contribution is 5.22. The topological polar surface area (TPSA) is 12.0 Å². The molecule has 0 heterocycles. The first-order valence-electron chi connectivity index (χ1n) is 6.08. The molecule has 1 nitrogen and oxygen atoms in total. The summed E-state index contributed by atoms with van der Waals surface area (Å²) >= 11 is 0. The fourth-order valence-electron chi connectivity index (χ4n) is 2.14. The van der Waals surface area contributed by atoms with Gasteiger partial charge in [0.1, 0.15) is 0 Å². The van der Waals surface area contributed by atoms with Gasteiger partial charge in [-0.25, -0.2) is 0 Å². The largest absolute Gasteiger partial charge is 0.314 e. The van der Waals surface area contributed by atoms with Crippen LogP contribution in [0.5, 0.6) is 0 Å². The lowest BCUT2D eigenvalue weighted by Crippen LogP contribution is -2.32. The van der Waals surface area contributed by atoms with E-state index in [1.165, 1.54) is 30.4 Å². The van der Waals surface area contributed by atoms with Crippen molar-refractivity contribution in [2.24, 2.45) is 5.92 Å². The Hall–Kier alpha value is -0.820. The molecule has 0 aromatic heterocycles. The summed E-state index contributed by atoms with van der Waals surface area (Å²) < 4.78 is 0. The van der Waals surface area contributed by atoms with E-state index in [4.69, 9.17) is 0 Å². The third-order valence-corrected chi connectivity index (χ3v) is 3.23. The van der Waals surface area contributed by atoms with Gasteiger partial charge in [0, 0.05) is 6.04 Å². The zero-order valence-electron chi connectivity index (χ0n) is 9.79. The fraction of sp³-hybridized carbons (Fsp3) is 0.571. The summed E-state index contributed by atoms with van der Waals surface area (Å²) in [5, 5.41) is 3.61. The van der Waals surface area contributed by atoms with E-state index < -0.39 is 0 Å². The third kappa shape index (κ3) is 3.07. The summed E-state index contributed by atoms with van der Waals surface area (Å²) in [6.07, 6.45) is 4.03. The van der Waals surface area contributed by atoms with Crippen LogP contribution in [-0.2, 0) is 6.42 Å². The van der Waals surface area contributed by atoms with Crippen molar-refractivity contribution in [2.75, 3.05) is 6.54 Å². The van der Waals surface area contributed by atoms with E-state index in [1.54, 1.807) is 0 Å². The first-order chi connectivity index (χ1) is 7.29. The number of aryl methyl sites for hydroxylation is 1. The molecule has 1 unspecified atom stereocenters. The lowest BCUT2D eigenvalue weighted by molar-refractivity contribution is 0.472. The number of likely N-dealkylation sites (N-methyl/N-ethyl adjacent to an activating group) is 1. The molecule has 1 aromatic carbocycles. The van der Waals surface area contributed by atoms with Crippen molar-refractivity contribution in [3.05, 3.63) is 35.4 Å². The van der Waals surface area contributed by atoms with Crippen LogP contribution < -0.4 is 5.32 Å². The molecule has 0 bridgehead atoms. The molecule has 1 atom stereocenters. The van der Waals surface area contributed by atoms with E-state index in [0.29, 0.717) is 6.04 Å². The molecule has 1 heteroatoms. The molecule has 1 aliphatic carbocycles. The number of nitrogens with one attached hydrogen (secondary N) is 1. The van der Waals surface area contributed by atoms with Gasteiger partial charge in [-0.05, 0) is 44.2 Å². The quantitative estimate of drug-likeness (QED) is 0.776. The van der Waals surface area contributed by atoms with Crippen molar-refractivity contribution >= 4 is 0 Å². The Labute approximate surface area is 92.9 Å². The molecule has 0 spiro atoms. The normalized spacial score (nSPS) is 17.7. The van der Waals surface area contributed by atoms with E-state index in [9.17, 15) is 0 Å². The molecule has 0 radical (unpaired) electrons. The van der Waals surface area contributed by atoms with Crippen LogP contribution in [0.15, 0.2) is 24.3 Å². The minimum atomic E-state index is 0.706. The number of rotatable bonds is 5. The van der Waals surface area contributed by atoms with Gasteiger partial charge < -0.3 is 5.32 Å². The van der Waals surface area contributed by atoms with Gasteiger partial charge in [0.15, 0.2) is 0 Å². The summed E-state index contributed by atoms with van der Waals surface area (Å²) in [6.45, 7) is 5.43. The third-order valence-electron chi connectivity index (χ3n) is 3.23. The Bertz CT molecular complexity index is 298. The molecule has 1 aromatic rings. The Kier molecular flexibility index (Phi) is 3.42. The maximum Gasteiger partial charge on any atom is 0.0136 e. The van der Waals surface area contributed by atoms with Crippen LogP contribution in [0, 0.1) is 12.8 Å². The van der Waals surface area contributed by atoms with Crippen LogP contribution in [0.1, 0.15) is 30.9 Å². The van der Waals surface area contributed by atoms with Gasteiger partial charge in [-0.3, -0.25) is 0 Å². The number of benzene rings is 1. The highest BCUT2D eigenvalue weighted by atomic mass is 14.9. The molecule has 1 fully saturated rings. The van der Waals surface area contributed by atoms with Crippen molar-refractivity contribution in [1.29, 1.82) is 0 Å². The van der Waals surface area contributed by atoms with Crippen LogP contribution >= 0.6 is 0 Å². The maximum atomic E-state index is 3.61. The van der Waals surface area contributed by atoms with Gasteiger partial charge in [0.25, 0.3) is 0 Å². The molecule has 1 aliphatic rings. The van der Waals surface area contributed by atoms with Crippen LogP contribution in [0.4, 0.5) is 0 Å². The minimum absolute atomic E-state index is 0.706. The molecule has 0 amide bonds. The van der Waals surface area contributed by atoms with E-state index in [-0.39, 0.29) is 0 Å². The first kappa shape index (κ1) is 10.7. The molecule has 1 N–H and O–H groups in total. The molecular weight excluding hydrogens is 182 g/mol. The van der Waals surface area contributed by atoms with E-state index in [2.05, 4.69) is 43.4 Å². The van der Waals surface area contributed by atoms with Gasteiger partial charge in [-0.1, -0.05) is 36.8 Å². The summed E-state index contributed by atoms with van der Waals surface area (Å²) in [6, 6.07) is 9.67. The number of hydrogen-bond acceptors (Lipinski definition) is 1. The van der Waals surface area contributed by atoms with Crippen molar-refractivity contribution < 1.29 is 0 Å². The van der Waals surface area contributed by atoms with Crippen LogP contribution in [0.2, 0.25) is 0 Å². The Morgan fingerprint density at radius 1 is 1.27 bits per heavy atom. The van der Waals surface area contributed by atoms with Gasteiger partial charge in [0.05, 0.1) is 0 Å². The van der Waals surface area contributed by atoms with Crippen molar-refractivity contribution in [3.63, 3.8) is 0 Å². The Morgan fingerprint density at radius 2 is 1.93 bits per heavy atom. The second-order valence-corrected chi connectivity index (χ2v) is 4.69. The average molecular weight is 203 g/mol. The molecular formula is C14H21N. The van der Waals surface area contributed by atoms with Gasteiger partial charge in [-0.2, -0.15) is 0 Å². The van der Waals surface area contributed by atoms with Crippen LogP contribution in [-0.4, -0.2) is 12.6 Å². The minimum Gasteiger partial charge on any atom is -0.314 e. The maximum absolute atomic E-state index is 3.61. The summed E-state index contributed by atoms with van der Waals surface area (Å²) in [4.78, 5) is 0. The summed E-state index contributed by atoms with van der Waals surface area (Å²) in [7, 11) is 0. The lowest BCUT2D eigenvalue weighted by atomic mass is 10.0. The Balaban J connectivity index is 1.95. The second kappa shape index (κ2) is 4.80. The zero-order chi connectivity index (χ0) is 10.7. The van der Waals surface area contributed by atoms with E-state index in [0.717, 1.165) is 12.5 Å². The first-order valence-corrected chi connectivity index (χ1v) is 6.08. The lowest BCUT2D eigenvalue weighted by Gasteiger charge is -2.17. The number of hydrogen-bond donors (Lipinski definition) is 1. The smallest absolute Gasteiger partial charge is 0.0136 e. The SMILES string of the molecule is CCNC(Cc1ccc(C)cc1)C1CC1. The van der Waals surface area contributed by atoms with E-state index in [1.807, 2.05) is 0 Å². The van der Waals surface area contributed by atoms with Gasteiger partial charge in [-0.15, -0.1) is 0 Å². The molecule has 1 saturated carbocycles. The summed E-state index contributed by atoms with van der Waals surface area (Å²) in [5.74, 6) is 0.936. The van der Waals surface area contributed by atoms with Crippen molar-refractivity contribution in [3.8, 4) is 0 Å². The molecule has 0 aliphatic heterocycles. The molecule has 0 saturated heterocycles. The molecule has 2 rings (SSSR count). The van der Waals surface area contributed by atoms with Crippen molar-refractivity contribution in [2.45, 2.75) is 39.2 Å². The van der Waals surface area contributed by atoms with Crippen LogP contribution in [0.3, 0.4) is 0 Å². The predicted octanol–water partition coefficient (Wildman–Crippen LogP) is 2.93. The highest BCUT2D eigenvalue weighted by Crippen LogP contribution is 2.34. The fourth-order valence-corrected chi connectivity index (χ4v) is 2.14. The standard InChI is InChI=1S/C14H21N/c1-3-15-14(13-8-9-13)10-12-6-4-11(2)5-7-12/h4-7,13-15H,3,8-10H2,1-2H3. The molecule has 15 heavy (non-hydrogen) atoms. The monoisotopic (exact) mass is 203 g/mol. The highest BCUT2D eigenvalue weighted by Gasteiger charge is 2.30. The Morgan fingerprint density at radius 3 is 2.47 bits per heavy atom.